The van der Waals surface area contributed by atoms with Crippen molar-refractivity contribution >= 4 is 40.4 Å². The summed E-state index contributed by atoms with van der Waals surface area (Å²) in [5.74, 6) is -0.690. The maximum Gasteiger partial charge on any atom is 0.259 e. The summed E-state index contributed by atoms with van der Waals surface area (Å²) in [6.45, 7) is 0. The average molecular weight is 369 g/mol. The van der Waals surface area contributed by atoms with Gasteiger partial charge in [0, 0.05) is 47.6 Å². The quantitative estimate of drug-likeness (QED) is 0.648. The highest BCUT2D eigenvalue weighted by Crippen LogP contribution is 2.27. The molecule has 7 nitrogen and oxygen atoms in total. The van der Waals surface area contributed by atoms with Gasteiger partial charge in [-0.15, -0.1) is 0 Å². The maximum atomic E-state index is 12.8. The summed E-state index contributed by atoms with van der Waals surface area (Å²) in [4.78, 5) is 46.0. The minimum Gasteiger partial charge on any atom is -0.295 e. The largest absolute Gasteiger partial charge is 0.295 e. The highest BCUT2D eigenvalue weighted by molar-refractivity contribution is 6.33. The van der Waals surface area contributed by atoms with Crippen LogP contribution in [0.25, 0.3) is 22.2 Å². The molecular weight excluding hydrogens is 356 g/mol. The van der Waals surface area contributed by atoms with E-state index in [-0.39, 0.29) is 36.2 Å². The summed E-state index contributed by atoms with van der Waals surface area (Å²) in [5, 5.41) is 1.07. The van der Waals surface area contributed by atoms with Gasteiger partial charge < -0.3 is 0 Å². The van der Waals surface area contributed by atoms with E-state index in [2.05, 4.69) is 9.97 Å². The van der Waals surface area contributed by atoms with Crippen molar-refractivity contribution in [1.82, 2.24) is 14.5 Å². The van der Waals surface area contributed by atoms with Crippen LogP contribution >= 0.6 is 11.6 Å². The van der Waals surface area contributed by atoms with Crippen molar-refractivity contribution < 1.29 is 9.59 Å². The Morgan fingerprint density at radius 3 is 2.42 bits per heavy atom. The molecule has 130 valence electrons. The Morgan fingerprint density at radius 1 is 1.04 bits per heavy atom. The molecular formula is C18H13ClN4O3. The zero-order chi connectivity index (χ0) is 18.4. The number of carbonyl (C=O) groups excluding carboxylic acids is 2. The minimum absolute atomic E-state index is 0.00880. The number of anilines is 1. The number of amides is 2. The van der Waals surface area contributed by atoms with Crippen LogP contribution in [0.2, 0.25) is 5.02 Å². The summed E-state index contributed by atoms with van der Waals surface area (Å²) in [5.41, 5.74) is 1.10. The second-order valence-electron chi connectivity index (χ2n) is 5.97. The molecule has 1 aliphatic rings. The number of aryl methyl sites for hydroxylation is 1. The number of hydrogen-bond donors (Lipinski definition) is 0. The number of pyridine rings is 1. The SMILES string of the molecule is Cn1c(=O)c(-c2ccccc2Cl)cc2cnc(N3C(=O)CCC3=O)nc21. The molecule has 0 spiro atoms. The van der Waals surface area contributed by atoms with Crippen molar-refractivity contribution in [2.75, 3.05) is 4.90 Å². The van der Waals surface area contributed by atoms with Gasteiger partial charge in [-0.05, 0) is 12.1 Å². The molecule has 1 aromatic carbocycles. The summed E-state index contributed by atoms with van der Waals surface area (Å²) in [6.07, 6.45) is 1.78. The Kier molecular flexibility index (Phi) is 3.81. The van der Waals surface area contributed by atoms with Crippen LogP contribution in [-0.2, 0) is 16.6 Å². The molecule has 3 heterocycles. The molecule has 1 aliphatic heterocycles. The van der Waals surface area contributed by atoms with Gasteiger partial charge in [-0.1, -0.05) is 29.8 Å². The zero-order valence-electron chi connectivity index (χ0n) is 13.8. The number of fused-ring (bicyclic) bond motifs is 1. The van der Waals surface area contributed by atoms with E-state index in [1.165, 1.54) is 10.8 Å². The maximum absolute atomic E-state index is 12.8. The molecule has 0 unspecified atom stereocenters. The van der Waals surface area contributed by atoms with Crippen LogP contribution in [0.1, 0.15) is 12.8 Å². The Bertz CT molecular complexity index is 1120. The number of benzene rings is 1. The lowest BCUT2D eigenvalue weighted by molar-refractivity contribution is -0.121. The number of hydrogen-bond acceptors (Lipinski definition) is 5. The fraction of sp³-hybridized carbons (Fsp3) is 0.167. The molecule has 26 heavy (non-hydrogen) atoms. The molecule has 0 atom stereocenters. The number of imide groups is 1. The Hall–Kier alpha value is -3.06. The molecule has 1 saturated heterocycles. The molecule has 8 heteroatoms. The topological polar surface area (TPSA) is 85.2 Å². The van der Waals surface area contributed by atoms with Gasteiger partial charge in [0.1, 0.15) is 5.65 Å². The second-order valence-corrected chi connectivity index (χ2v) is 6.38. The molecule has 2 amide bonds. The van der Waals surface area contributed by atoms with Crippen molar-refractivity contribution in [3.8, 4) is 11.1 Å². The third-order valence-corrected chi connectivity index (χ3v) is 4.68. The summed E-state index contributed by atoms with van der Waals surface area (Å²) in [6, 6.07) is 8.73. The molecule has 0 aliphatic carbocycles. The third kappa shape index (κ3) is 2.48. The van der Waals surface area contributed by atoms with Crippen LogP contribution in [-0.4, -0.2) is 26.3 Å². The lowest BCUT2D eigenvalue weighted by Crippen LogP contribution is -2.31. The van der Waals surface area contributed by atoms with Crippen molar-refractivity contribution in [1.29, 1.82) is 0 Å². The fourth-order valence-electron chi connectivity index (χ4n) is 3.02. The normalized spacial score (nSPS) is 14.5. The van der Waals surface area contributed by atoms with E-state index < -0.39 is 0 Å². The Morgan fingerprint density at radius 2 is 1.73 bits per heavy atom. The number of aromatic nitrogens is 3. The van der Waals surface area contributed by atoms with Crippen molar-refractivity contribution in [3.05, 3.63) is 51.9 Å². The van der Waals surface area contributed by atoms with Gasteiger partial charge in [-0.2, -0.15) is 4.98 Å². The first-order valence-corrected chi connectivity index (χ1v) is 8.32. The van der Waals surface area contributed by atoms with E-state index >= 15 is 0 Å². The van der Waals surface area contributed by atoms with Crippen LogP contribution in [0.15, 0.2) is 41.3 Å². The van der Waals surface area contributed by atoms with Gasteiger partial charge in [-0.3, -0.25) is 19.0 Å². The van der Waals surface area contributed by atoms with Crippen molar-refractivity contribution in [2.24, 2.45) is 7.05 Å². The first-order chi connectivity index (χ1) is 12.5. The molecule has 0 bridgehead atoms. The third-order valence-electron chi connectivity index (χ3n) is 4.35. The molecule has 4 rings (SSSR count). The smallest absolute Gasteiger partial charge is 0.259 e. The molecule has 0 N–H and O–H groups in total. The summed E-state index contributed by atoms with van der Waals surface area (Å²) < 4.78 is 1.37. The zero-order valence-corrected chi connectivity index (χ0v) is 14.5. The Balaban J connectivity index is 1.92. The van der Waals surface area contributed by atoms with E-state index in [1.54, 1.807) is 37.4 Å². The number of rotatable bonds is 2. The number of nitrogens with zero attached hydrogens (tertiary/aromatic N) is 4. The average Bonchev–Trinajstić information content (AvgIpc) is 2.97. The van der Waals surface area contributed by atoms with E-state index in [0.717, 1.165) is 4.90 Å². The van der Waals surface area contributed by atoms with Gasteiger partial charge in [0.15, 0.2) is 0 Å². The van der Waals surface area contributed by atoms with Gasteiger partial charge in [0.25, 0.3) is 5.56 Å². The van der Waals surface area contributed by atoms with Crippen molar-refractivity contribution in [2.45, 2.75) is 12.8 Å². The highest BCUT2D eigenvalue weighted by atomic mass is 35.5. The molecule has 2 aromatic heterocycles. The van der Waals surface area contributed by atoms with Crippen LogP contribution < -0.4 is 10.5 Å². The summed E-state index contributed by atoms with van der Waals surface area (Å²) >= 11 is 6.22. The van der Waals surface area contributed by atoms with Crippen LogP contribution in [0.3, 0.4) is 0 Å². The fourth-order valence-corrected chi connectivity index (χ4v) is 3.26. The minimum atomic E-state index is -0.341. The van der Waals surface area contributed by atoms with Crippen LogP contribution in [0, 0.1) is 0 Å². The monoisotopic (exact) mass is 368 g/mol. The lowest BCUT2D eigenvalue weighted by Gasteiger charge is -2.14. The Labute approximate surface area is 152 Å². The van der Waals surface area contributed by atoms with Gasteiger partial charge >= 0.3 is 0 Å². The highest BCUT2D eigenvalue weighted by Gasteiger charge is 2.32. The standard InChI is InChI=1S/C18H13ClN4O3/c1-22-16-10(8-12(17(22)26)11-4-2-3-5-13(11)19)9-20-18(21-16)23-14(24)6-7-15(23)25/h2-5,8-9H,6-7H2,1H3. The molecule has 0 radical (unpaired) electrons. The van der Waals surface area contributed by atoms with Crippen LogP contribution in [0.5, 0.6) is 0 Å². The summed E-state index contributed by atoms with van der Waals surface area (Å²) in [7, 11) is 1.58. The first kappa shape index (κ1) is 16.4. The predicted molar refractivity (Wildman–Crippen MR) is 97.0 cm³/mol. The molecule has 1 fully saturated rings. The first-order valence-electron chi connectivity index (χ1n) is 7.95. The van der Waals surface area contributed by atoms with Crippen molar-refractivity contribution in [3.63, 3.8) is 0 Å². The van der Waals surface area contributed by atoms with Gasteiger partial charge in [-0.25, -0.2) is 9.88 Å². The van der Waals surface area contributed by atoms with E-state index in [0.29, 0.717) is 27.2 Å². The second kappa shape index (κ2) is 6.03. The lowest BCUT2D eigenvalue weighted by atomic mass is 10.1. The van der Waals surface area contributed by atoms with E-state index in [4.69, 9.17) is 11.6 Å². The predicted octanol–water partition coefficient (Wildman–Crippen LogP) is 2.30. The van der Waals surface area contributed by atoms with E-state index in [1.807, 2.05) is 0 Å². The van der Waals surface area contributed by atoms with Crippen LogP contribution in [0.4, 0.5) is 5.95 Å². The van der Waals surface area contributed by atoms with E-state index in [9.17, 15) is 14.4 Å². The molecule has 3 aromatic rings. The van der Waals surface area contributed by atoms with Gasteiger partial charge in [0.05, 0.1) is 0 Å². The molecule has 0 saturated carbocycles. The van der Waals surface area contributed by atoms with Gasteiger partial charge in [0.2, 0.25) is 17.8 Å². The number of halogens is 1. The number of carbonyl (C=O) groups is 2.